The predicted molar refractivity (Wildman–Crippen MR) is 76.2 cm³/mol. The second-order valence-corrected chi connectivity index (χ2v) is 5.45. The molecule has 1 aromatic carbocycles. The van der Waals surface area contributed by atoms with Gasteiger partial charge in [-0.15, -0.1) is 0 Å². The maximum Gasteiger partial charge on any atom is 0.253 e. The molecule has 1 aromatic rings. The zero-order valence-electron chi connectivity index (χ0n) is 11.7. The lowest BCUT2D eigenvalue weighted by Gasteiger charge is -2.40. The van der Waals surface area contributed by atoms with Gasteiger partial charge in [-0.25, -0.2) is 0 Å². The minimum Gasteiger partial charge on any atom is -0.364 e. The summed E-state index contributed by atoms with van der Waals surface area (Å²) in [4.78, 5) is 13.9. The average Bonchev–Trinajstić information content (AvgIpc) is 2.40. The Hall–Kier alpha value is -1.39. The Morgan fingerprint density at radius 2 is 2.26 bits per heavy atom. The molecule has 2 N–H and O–H groups in total. The molecule has 0 aromatic heterocycles. The van der Waals surface area contributed by atoms with Crippen molar-refractivity contribution in [2.45, 2.75) is 32.3 Å². The van der Waals surface area contributed by atoms with E-state index >= 15 is 0 Å². The Balaban J connectivity index is 2.17. The SMILES string of the molecule is Cc1cccc(N2CC(C)(CCCN)OCC2=O)c1. The Morgan fingerprint density at radius 3 is 2.95 bits per heavy atom. The number of hydrogen-bond donors (Lipinski definition) is 1. The fourth-order valence-corrected chi connectivity index (χ4v) is 2.44. The van der Waals surface area contributed by atoms with E-state index in [1.807, 2.05) is 36.1 Å². The molecule has 0 radical (unpaired) electrons. The number of carbonyl (C=O) groups is 1. The van der Waals surface area contributed by atoms with Crippen LogP contribution in [0.1, 0.15) is 25.3 Å². The van der Waals surface area contributed by atoms with Crippen LogP contribution < -0.4 is 10.6 Å². The first-order chi connectivity index (χ1) is 9.04. The Bertz CT molecular complexity index is 461. The summed E-state index contributed by atoms with van der Waals surface area (Å²) in [7, 11) is 0. The average molecular weight is 262 g/mol. The van der Waals surface area contributed by atoms with Crippen LogP contribution in [0.4, 0.5) is 5.69 Å². The number of anilines is 1. The summed E-state index contributed by atoms with van der Waals surface area (Å²) in [6, 6.07) is 8.01. The van der Waals surface area contributed by atoms with Crippen molar-refractivity contribution < 1.29 is 9.53 Å². The van der Waals surface area contributed by atoms with Crippen molar-refractivity contribution >= 4 is 11.6 Å². The molecule has 1 atom stereocenters. The summed E-state index contributed by atoms with van der Waals surface area (Å²) in [5.74, 6) is 0.0239. The van der Waals surface area contributed by atoms with Gasteiger partial charge in [-0.1, -0.05) is 12.1 Å². The van der Waals surface area contributed by atoms with Gasteiger partial charge in [-0.2, -0.15) is 0 Å². The molecule has 1 heterocycles. The normalized spacial score (nSPS) is 23.7. The summed E-state index contributed by atoms with van der Waals surface area (Å²) in [6.07, 6.45) is 1.78. The first-order valence-corrected chi connectivity index (χ1v) is 6.75. The number of ether oxygens (including phenoxy) is 1. The van der Waals surface area contributed by atoms with Crippen molar-refractivity contribution in [3.63, 3.8) is 0 Å². The molecule has 19 heavy (non-hydrogen) atoms. The highest BCUT2D eigenvalue weighted by Crippen LogP contribution is 2.27. The summed E-state index contributed by atoms with van der Waals surface area (Å²) in [6.45, 7) is 5.47. The standard InChI is InChI=1S/C15H22N2O2/c1-12-5-3-6-13(9-12)17-11-15(2,7-4-8-16)19-10-14(17)18/h3,5-6,9H,4,7-8,10-11,16H2,1-2H3. The third kappa shape index (κ3) is 3.33. The molecule has 1 saturated heterocycles. The second-order valence-electron chi connectivity index (χ2n) is 5.45. The van der Waals surface area contributed by atoms with Crippen molar-refractivity contribution in [2.75, 3.05) is 24.6 Å². The smallest absolute Gasteiger partial charge is 0.253 e. The summed E-state index contributed by atoms with van der Waals surface area (Å²) in [5, 5.41) is 0. The highest BCUT2D eigenvalue weighted by atomic mass is 16.5. The van der Waals surface area contributed by atoms with E-state index in [-0.39, 0.29) is 18.1 Å². The highest BCUT2D eigenvalue weighted by Gasteiger charge is 2.36. The summed E-state index contributed by atoms with van der Waals surface area (Å²) < 4.78 is 5.71. The van der Waals surface area contributed by atoms with E-state index in [2.05, 4.69) is 6.92 Å². The number of carbonyl (C=O) groups excluding carboxylic acids is 1. The van der Waals surface area contributed by atoms with Gasteiger partial charge in [-0.05, 0) is 50.9 Å². The molecule has 4 nitrogen and oxygen atoms in total. The minimum absolute atomic E-state index is 0.0239. The maximum atomic E-state index is 12.0. The number of nitrogens with two attached hydrogens (primary N) is 1. The Labute approximate surface area is 114 Å². The molecule has 1 amide bonds. The quantitative estimate of drug-likeness (QED) is 0.901. The third-order valence-electron chi connectivity index (χ3n) is 3.56. The Kier molecular flexibility index (Phi) is 4.22. The fraction of sp³-hybridized carbons (Fsp3) is 0.533. The van der Waals surface area contributed by atoms with Crippen LogP contribution in [0, 0.1) is 6.92 Å². The number of morpholine rings is 1. The van der Waals surface area contributed by atoms with Crippen LogP contribution in [0.2, 0.25) is 0 Å². The zero-order chi connectivity index (χ0) is 13.9. The van der Waals surface area contributed by atoms with Crippen molar-refractivity contribution in [3.05, 3.63) is 29.8 Å². The zero-order valence-corrected chi connectivity index (χ0v) is 11.7. The van der Waals surface area contributed by atoms with Gasteiger partial charge in [0.25, 0.3) is 5.91 Å². The van der Waals surface area contributed by atoms with Gasteiger partial charge in [0.2, 0.25) is 0 Å². The van der Waals surface area contributed by atoms with Crippen LogP contribution in [0.25, 0.3) is 0 Å². The molecule has 2 rings (SSSR count). The van der Waals surface area contributed by atoms with E-state index < -0.39 is 0 Å². The number of nitrogens with zero attached hydrogens (tertiary/aromatic N) is 1. The van der Waals surface area contributed by atoms with Gasteiger partial charge in [0.1, 0.15) is 6.61 Å². The predicted octanol–water partition coefficient (Wildman–Crippen LogP) is 1.86. The first-order valence-electron chi connectivity index (χ1n) is 6.75. The van der Waals surface area contributed by atoms with E-state index in [1.165, 1.54) is 0 Å². The van der Waals surface area contributed by atoms with Crippen molar-refractivity contribution in [2.24, 2.45) is 5.73 Å². The van der Waals surface area contributed by atoms with Crippen LogP contribution in [-0.2, 0) is 9.53 Å². The lowest BCUT2D eigenvalue weighted by atomic mass is 9.97. The van der Waals surface area contributed by atoms with E-state index in [1.54, 1.807) is 0 Å². The lowest BCUT2D eigenvalue weighted by molar-refractivity contribution is -0.137. The molecule has 0 spiro atoms. The van der Waals surface area contributed by atoms with E-state index in [9.17, 15) is 4.79 Å². The summed E-state index contributed by atoms with van der Waals surface area (Å²) >= 11 is 0. The lowest BCUT2D eigenvalue weighted by Crippen LogP contribution is -2.53. The van der Waals surface area contributed by atoms with Gasteiger partial charge in [0.05, 0.1) is 12.1 Å². The fourth-order valence-electron chi connectivity index (χ4n) is 2.44. The highest BCUT2D eigenvalue weighted by molar-refractivity contribution is 5.95. The van der Waals surface area contributed by atoms with Crippen LogP contribution >= 0.6 is 0 Å². The molecule has 0 bridgehead atoms. The molecule has 1 aliphatic heterocycles. The molecule has 104 valence electrons. The van der Waals surface area contributed by atoms with Crippen molar-refractivity contribution in [1.82, 2.24) is 0 Å². The molecule has 0 saturated carbocycles. The number of amides is 1. The molecule has 1 fully saturated rings. The second kappa shape index (κ2) is 5.72. The van der Waals surface area contributed by atoms with Crippen molar-refractivity contribution in [1.29, 1.82) is 0 Å². The van der Waals surface area contributed by atoms with Crippen molar-refractivity contribution in [3.8, 4) is 0 Å². The maximum absolute atomic E-state index is 12.0. The molecular formula is C15H22N2O2. The molecular weight excluding hydrogens is 240 g/mol. The van der Waals surface area contributed by atoms with Gasteiger partial charge in [0, 0.05) is 5.69 Å². The van der Waals surface area contributed by atoms with E-state index in [0.29, 0.717) is 13.1 Å². The Morgan fingerprint density at radius 1 is 1.47 bits per heavy atom. The molecule has 1 unspecified atom stereocenters. The monoisotopic (exact) mass is 262 g/mol. The molecule has 4 heteroatoms. The van der Waals surface area contributed by atoms with E-state index in [0.717, 1.165) is 24.1 Å². The number of benzene rings is 1. The third-order valence-corrected chi connectivity index (χ3v) is 3.56. The van der Waals surface area contributed by atoms with Crippen LogP contribution in [0.3, 0.4) is 0 Å². The van der Waals surface area contributed by atoms with E-state index in [4.69, 9.17) is 10.5 Å². The van der Waals surface area contributed by atoms with Gasteiger partial charge >= 0.3 is 0 Å². The minimum atomic E-state index is -0.295. The summed E-state index contributed by atoms with van der Waals surface area (Å²) in [5.41, 5.74) is 7.37. The first kappa shape index (κ1) is 14.0. The molecule has 1 aliphatic rings. The van der Waals surface area contributed by atoms with Crippen LogP contribution in [-0.4, -0.2) is 31.2 Å². The number of aryl methyl sites for hydroxylation is 1. The van der Waals surface area contributed by atoms with Crippen LogP contribution in [0.15, 0.2) is 24.3 Å². The number of hydrogen-bond acceptors (Lipinski definition) is 3. The van der Waals surface area contributed by atoms with Gasteiger partial charge in [0.15, 0.2) is 0 Å². The van der Waals surface area contributed by atoms with Gasteiger partial charge in [-0.3, -0.25) is 4.79 Å². The molecule has 0 aliphatic carbocycles. The largest absolute Gasteiger partial charge is 0.364 e. The number of rotatable bonds is 4. The topological polar surface area (TPSA) is 55.6 Å². The van der Waals surface area contributed by atoms with Crippen LogP contribution in [0.5, 0.6) is 0 Å². The van der Waals surface area contributed by atoms with Gasteiger partial charge < -0.3 is 15.4 Å².